The van der Waals surface area contributed by atoms with Gasteiger partial charge in [0, 0.05) is 5.38 Å². The number of rotatable bonds is 3. The van der Waals surface area contributed by atoms with Gasteiger partial charge in [0.2, 0.25) is 0 Å². The van der Waals surface area contributed by atoms with Gasteiger partial charge in [0.1, 0.15) is 16.4 Å². The normalized spacial score (nSPS) is 10.7. The molecule has 5 nitrogen and oxygen atoms in total. The summed E-state index contributed by atoms with van der Waals surface area (Å²) in [6.07, 6.45) is 1.88. The molecule has 0 spiro atoms. The van der Waals surface area contributed by atoms with Crippen LogP contribution in [0.15, 0.2) is 35.8 Å². The predicted octanol–water partition coefficient (Wildman–Crippen LogP) is 2.47. The second-order valence-electron chi connectivity index (χ2n) is 4.12. The summed E-state index contributed by atoms with van der Waals surface area (Å²) in [5.74, 6) is -0.296. The zero-order chi connectivity index (χ0) is 13.9. The Morgan fingerprint density at radius 1 is 1.20 bits per heavy atom. The van der Waals surface area contributed by atoms with E-state index in [4.69, 9.17) is 0 Å². The fraction of sp³-hybridized carbons (Fsp3) is 0.143. The largest absolute Gasteiger partial charge is 0.469 e. The van der Waals surface area contributed by atoms with Gasteiger partial charge in [-0.3, -0.25) is 9.78 Å². The summed E-state index contributed by atoms with van der Waals surface area (Å²) >= 11 is 1.41. The third kappa shape index (κ3) is 2.50. The number of carbonyl (C=O) groups excluding carboxylic acids is 1. The Kier molecular flexibility index (Phi) is 3.39. The number of aromatic nitrogens is 3. The first-order valence-corrected chi connectivity index (χ1v) is 6.87. The van der Waals surface area contributed by atoms with E-state index in [1.54, 1.807) is 6.20 Å². The van der Waals surface area contributed by atoms with Gasteiger partial charge in [0.25, 0.3) is 0 Å². The number of nitrogens with zero attached hydrogens (tertiary/aromatic N) is 3. The third-order valence-electron chi connectivity index (χ3n) is 2.79. The highest BCUT2D eigenvalue weighted by Gasteiger charge is 2.10. The molecule has 0 aliphatic carbocycles. The van der Waals surface area contributed by atoms with Gasteiger partial charge in [-0.1, -0.05) is 12.1 Å². The van der Waals surface area contributed by atoms with E-state index in [0.29, 0.717) is 10.7 Å². The van der Waals surface area contributed by atoms with Crippen molar-refractivity contribution in [2.45, 2.75) is 6.42 Å². The smallest absolute Gasteiger partial charge is 0.312 e. The van der Waals surface area contributed by atoms with Crippen LogP contribution >= 0.6 is 11.3 Å². The van der Waals surface area contributed by atoms with E-state index in [9.17, 15) is 4.79 Å². The van der Waals surface area contributed by atoms with Crippen LogP contribution in [0.4, 0.5) is 0 Å². The summed E-state index contributed by atoms with van der Waals surface area (Å²) in [6, 6.07) is 7.67. The molecule has 1 aromatic carbocycles. The first kappa shape index (κ1) is 12.7. The summed E-state index contributed by atoms with van der Waals surface area (Å²) in [7, 11) is 1.37. The molecule has 0 N–H and O–H groups in total. The summed E-state index contributed by atoms with van der Waals surface area (Å²) in [5.41, 5.74) is 3.11. The molecule has 2 aromatic heterocycles. The molecule has 6 heteroatoms. The number of hydrogen-bond donors (Lipinski definition) is 0. The van der Waals surface area contributed by atoms with E-state index < -0.39 is 0 Å². The zero-order valence-corrected chi connectivity index (χ0v) is 11.6. The minimum atomic E-state index is -0.296. The zero-order valence-electron chi connectivity index (χ0n) is 10.7. The molecule has 20 heavy (non-hydrogen) atoms. The second-order valence-corrected chi connectivity index (χ2v) is 5.07. The molecule has 0 fully saturated rings. The van der Waals surface area contributed by atoms with Crippen molar-refractivity contribution in [3.63, 3.8) is 0 Å². The monoisotopic (exact) mass is 285 g/mol. The molecule has 0 aliphatic heterocycles. The van der Waals surface area contributed by atoms with Crippen LogP contribution in [0.1, 0.15) is 5.01 Å². The van der Waals surface area contributed by atoms with Crippen molar-refractivity contribution >= 4 is 28.3 Å². The number of ether oxygens (including phenoxy) is 1. The number of benzene rings is 1. The van der Waals surface area contributed by atoms with Gasteiger partial charge in [-0.25, -0.2) is 9.97 Å². The Morgan fingerprint density at radius 3 is 2.80 bits per heavy atom. The molecule has 2 heterocycles. The van der Waals surface area contributed by atoms with Gasteiger partial charge in [0.05, 0.1) is 30.8 Å². The lowest BCUT2D eigenvalue weighted by molar-refractivity contribution is -0.139. The van der Waals surface area contributed by atoms with E-state index in [1.807, 2.05) is 29.6 Å². The van der Waals surface area contributed by atoms with Crippen molar-refractivity contribution in [2.75, 3.05) is 7.11 Å². The Hall–Kier alpha value is -2.34. The van der Waals surface area contributed by atoms with Crippen molar-refractivity contribution in [1.29, 1.82) is 0 Å². The molecule has 0 bridgehead atoms. The number of thiazole rings is 1. The average molecular weight is 285 g/mol. The Bertz CT molecular complexity index is 770. The molecular formula is C14H11N3O2S. The van der Waals surface area contributed by atoms with Crippen molar-refractivity contribution in [1.82, 2.24) is 15.0 Å². The van der Waals surface area contributed by atoms with Gasteiger partial charge in [-0.15, -0.1) is 11.3 Å². The molecule has 0 radical (unpaired) electrons. The Balaban J connectivity index is 1.92. The minimum absolute atomic E-state index is 0.183. The highest BCUT2D eigenvalue weighted by Crippen LogP contribution is 2.21. The van der Waals surface area contributed by atoms with Gasteiger partial charge in [-0.2, -0.15) is 0 Å². The Labute approximate surface area is 119 Å². The number of carbonyl (C=O) groups is 1. The lowest BCUT2D eigenvalue weighted by atomic mass is 10.3. The van der Waals surface area contributed by atoms with Crippen LogP contribution < -0.4 is 0 Å². The van der Waals surface area contributed by atoms with Crippen LogP contribution in [-0.2, 0) is 16.0 Å². The molecular weight excluding hydrogens is 274 g/mol. The van der Waals surface area contributed by atoms with Gasteiger partial charge in [0.15, 0.2) is 0 Å². The van der Waals surface area contributed by atoms with Gasteiger partial charge >= 0.3 is 5.97 Å². The molecule has 0 atom stereocenters. The van der Waals surface area contributed by atoms with E-state index in [-0.39, 0.29) is 12.4 Å². The maximum absolute atomic E-state index is 11.2. The first-order valence-electron chi connectivity index (χ1n) is 5.99. The van der Waals surface area contributed by atoms with Crippen molar-refractivity contribution in [3.05, 3.63) is 40.8 Å². The van der Waals surface area contributed by atoms with Crippen molar-refractivity contribution in [2.24, 2.45) is 0 Å². The van der Waals surface area contributed by atoms with Crippen LogP contribution in [0.3, 0.4) is 0 Å². The molecule has 3 rings (SSSR count). The van der Waals surface area contributed by atoms with Gasteiger partial charge < -0.3 is 4.74 Å². The fourth-order valence-electron chi connectivity index (χ4n) is 1.79. The lowest BCUT2D eigenvalue weighted by Crippen LogP contribution is -2.03. The highest BCUT2D eigenvalue weighted by molar-refractivity contribution is 7.10. The van der Waals surface area contributed by atoms with E-state index in [2.05, 4.69) is 19.7 Å². The summed E-state index contributed by atoms with van der Waals surface area (Å²) in [6.45, 7) is 0. The Morgan fingerprint density at radius 2 is 2.00 bits per heavy atom. The molecule has 0 saturated heterocycles. The van der Waals surface area contributed by atoms with Crippen molar-refractivity contribution < 1.29 is 9.53 Å². The van der Waals surface area contributed by atoms with E-state index in [1.165, 1.54) is 18.4 Å². The van der Waals surface area contributed by atoms with Crippen molar-refractivity contribution in [3.8, 4) is 11.4 Å². The number of hydrogen-bond acceptors (Lipinski definition) is 6. The minimum Gasteiger partial charge on any atom is -0.469 e. The predicted molar refractivity (Wildman–Crippen MR) is 76.4 cm³/mol. The number of fused-ring (bicyclic) bond motifs is 1. The topological polar surface area (TPSA) is 65.0 Å². The lowest BCUT2D eigenvalue weighted by Gasteiger charge is -1.99. The van der Waals surface area contributed by atoms with Crippen LogP contribution in [0, 0.1) is 0 Å². The number of methoxy groups -OCH3 is 1. The number of esters is 1. The molecule has 0 amide bonds. The molecule has 100 valence electrons. The summed E-state index contributed by atoms with van der Waals surface area (Å²) < 4.78 is 4.63. The van der Waals surface area contributed by atoms with Crippen LogP contribution in [0.5, 0.6) is 0 Å². The fourth-order valence-corrected chi connectivity index (χ4v) is 2.56. The molecule has 0 saturated carbocycles. The molecule has 0 unspecified atom stereocenters. The van der Waals surface area contributed by atoms with Crippen LogP contribution in [0.2, 0.25) is 0 Å². The molecule has 3 aromatic rings. The maximum Gasteiger partial charge on any atom is 0.312 e. The van der Waals surface area contributed by atoms with Crippen LogP contribution in [-0.4, -0.2) is 28.0 Å². The first-order chi connectivity index (χ1) is 9.76. The van der Waals surface area contributed by atoms with Crippen LogP contribution in [0.25, 0.3) is 22.4 Å². The molecule has 0 aliphatic rings. The van der Waals surface area contributed by atoms with Gasteiger partial charge in [-0.05, 0) is 12.1 Å². The third-order valence-corrected chi connectivity index (χ3v) is 3.63. The number of para-hydroxylation sites is 2. The average Bonchev–Trinajstić information content (AvgIpc) is 2.95. The summed E-state index contributed by atoms with van der Waals surface area (Å²) in [4.78, 5) is 24.5. The summed E-state index contributed by atoms with van der Waals surface area (Å²) in [5, 5.41) is 2.58. The van der Waals surface area contributed by atoms with E-state index >= 15 is 0 Å². The van der Waals surface area contributed by atoms with E-state index in [0.717, 1.165) is 16.7 Å². The highest BCUT2D eigenvalue weighted by atomic mass is 32.1. The maximum atomic E-state index is 11.2. The second kappa shape index (κ2) is 5.34. The standard InChI is InChI=1S/C14H11N3O2S/c1-19-14(18)6-13-17-12(8-20-13)11-7-15-9-4-2-3-5-10(9)16-11/h2-5,7-8H,6H2,1H3. The SMILES string of the molecule is COC(=O)Cc1nc(-c2cnc3ccccc3n2)cs1. The quantitative estimate of drug-likeness (QED) is 0.692.